The van der Waals surface area contributed by atoms with Crippen LogP contribution in [0.1, 0.15) is 17.1 Å². The van der Waals surface area contributed by atoms with E-state index in [1.807, 2.05) is 0 Å². The summed E-state index contributed by atoms with van der Waals surface area (Å²) in [5.41, 5.74) is -4.22. The van der Waals surface area contributed by atoms with Gasteiger partial charge >= 0.3 is 30.6 Å². The third-order valence-electron chi connectivity index (χ3n) is 5.06. The average molecular weight is 552 g/mol. The summed E-state index contributed by atoms with van der Waals surface area (Å²) in [4.78, 5) is 11.5. The lowest BCUT2D eigenvalue weighted by atomic mass is 9.93. The third kappa shape index (κ3) is 4.07. The molecule has 0 amide bonds. The normalized spacial score (nSPS) is 13.9. The molecule has 35 heavy (non-hydrogen) atoms. The third-order valence-corrected chi connectivity index (χ3v) is 10.2. The smallest absolute Gasteiger partial charge is 0.308 e. The van der Waals surface area contributed by atoms with Crippen molar-refractivity contribution < 1.29 is 30.4 Å². The molecule has 0 saturated heterocycles. The first kappa shape index (κ1) is 26.9. The van der Waals surface area contributed by atoms with Crippen LogP contribution < -0.4 is 0 Å². The van der Waals surface area contributed by atoms with E-state index in [0.29, 0.717) is 11.9 Å². The van der Waals surface area contributed by atoms with Gasteiger partial charge < -0.3 is 5.11 Å². The molecular formula is C16H25N9O7S3. The van der Waals surface area contributed by atoms with Crippen LogP contribution in [-0.2, 0) is 36.2 Å². The second-order valence-corrected chi connectivity index (χ2v) is 13.9. The molecule has 1 N–H and O–H groups in total. The molecule has 194 valence electrons. The minimum Gasteiger partial charge on any atom is -0.372 e. The van der Waals surface area contributed by atoms with Crippen LogP contribution in [0.3, 0.4) is 0 Å². The van der Waals surface area contributed by atoms with Crippen LogP contribution in [0.5, 0.6) is 0 Å². The molecule has 0 unspecified atom stereocenters. The van der Waals surface area contributed by atoms with Crippen molar-refractivity contribution in [3.63, 3.8) is 0 Å². The molecule has 0 aliphatic carbocycles. The van der Waals surface area contributed by atoms with Crippen molar-refractivity contribution in [2.45, 2.75) is 5.60 Å². The van der Waals surface area contributed by atoms with Crippen LogP contribution in [0, 0.1) is 0 Å². The predicted molar refractivity (Wildman–Crippen MR) is 123 cm³/mol. The van der Waals surface area contributed by atoms with Crippen LogP contribution in [-0.4, -0.2) is 112 Å². The second-order valence-electron chi connectivity index (χ2n) is 7.81. The summed E-state index contributed by atoms with van der Waals surface area (Å²) in [6.45, 7) is 0. The van der Waals surface area contributed by atoms with E-state index < -0.39 is 53.3 Å². The van der Waals surface area contributed by atoms with E-state index in [1.54, 1.807) is 0 Å². The molecule has 3 aromatic rings. The minimum absolute atomic E-state index is 0.488. The van der Waals surface area contributed by atoms with Crippen LogP contribution in [0.25, 0.3) is 0 Å². The van der Waals surface area contributed by atoms with E-state index >= 15 is 0 Å². The van der Waals surface area contributed by atoms with Gasteiger partial charge in [-0.2, -0.15) is 38.2 Å². The molecular weight excluding hydrogens is 526 g/mol. The molecule has 0 aliphatic heterocycles. The molecule has 0 radical (unpaired) electrons. The van der Waals surface area contributed by atoms with Crippen molar-refractivity contribution in [3.8, 4) is 0 Å². The zero-order chi connectivity index (χ0) is 26.6. The van der Waals surface area contributed by atoms with Crippen molar-refractivity contribution in [1.82, 2.24) is 39.8 Å². The van der Waals surface area contributed by atoms with Crippen LogP contribution in [0.2, 0.25) is 0 Å². The molecule has 0 saturated carbocycles. The van der Waals surface area contributed by atoms with Gasteiger partial charge in [-0.15, -0.1) is 0 Å². The predicted octanol–water partition coefficient (Wildman–Crippen LogP) is -2.48. The molecule has 16 nitrogen and oxygen atoms in total. The number of nitrogens with zero attached hydrogens (tertiary/aromatic N) is 9. The molecule has 3 heterocycles. The van der Waals surface area contributed by atoms with E-state index in [-0.39, 0.29) is 0 Å². The topological polar surface area (TPSA) is 186 Å². The van der Waals surface area contributed by atoms with Crippen molar-refractivity contribution in [2.24, 2.45) is 0 Å². The Morgan fingerprint density at radius 2 is 0.829 bits per heavy atom. The first-order chi connectivity index (χ1) is 16.0. The van der Waals surface area contributed by atoms with Crippen LogP contribution in [0.4, 0.5) is 0 Å². The maximum absolute atomic E-state index is 13.0. The van der Waals surface area contributed by atoms with Gasteiger partial charge in [-0.05, 0) is 0 Å². The number of imidazole rings is 3. The van der Waals surface area contributed by atoms with Crippen molar-refractivity contribution in [1.29, 1.82) is 0 Å². The molecule has 0 aromatic carbocycles. The Morgan fingerprint density at radius 3 is 1.03 bits per heavy atom. The number of rotatable bonds is 9. The van der Waals surface area contributed by atoms with E-state index in [1.165, 1.54) is 42.3 Å². The first-order valence-corrected chi connectivity index (χ1v) is 13.8. The monoisotopic (exact) mass is 551 g/mol. The summed E-state index contributed by atoms with van der Waals surface area (Å²) in [6.07, 6.45) is 5.58. The zero-order valence-electron chi connectivity index (χ0n) is 19.6. The lowest BCUT2D eigenvalue weighted by Gasteiger charge is -2.31. The molecule has 0 aliphatic rings. The summed E-state index contributed by atoms with van der Waals surface area (Å²) >= 11 is 0. The fraction of sp³-hybridized carbons (Fsp3) is 0.438. The lowest BCUT2D eigenvalue weighted by Crippen LogP contribution is -2.43. The largest absolute Gasteiger partial charge is 0.372 e. The Morgan fingerprint density at radius 1 is 0.600 bits per heavy atom. The SMILES string of the molecule is CN(C)S(=O)(=O)n1cncc1C(O)(c1cncn1S(=O)(=O)N(C)C)c1cncn1S(=O)(=O)N(C)C. The van der Waals surface area contributed by atoms with Crippen molar-refractivity contribution >= 4 is 30.6 Å². The fourth-order valence-electron chi connectivity index (χ4n) is 3.08. The highest BCUT2D eigenvalue weighted by Gasteiger charge is 2.47. The van der Waals surface area contributed by atoms with E-state index in [9.17, 15) is 30.4 Å². The van der Waals surface area contributed by atoms with E-state index in [2.05, 4.69) is 15.0 Å². The van der Waals surface area contributed by atoms with Gasteiger partial charge in [-0.3, -0.25) is 0 Å². The summed E-state index contributed by atoms with van der Waals surface area (Å²) in [5, 5.41) is 12.2. The summed E-state index contributed by atoms with van der Waals surface area (Å²) < 4.78 is 82.4. The maximum atomic E-state index is 13.0. The molecule has 0 fully saturated rings. The second kappa shape index (κ2) is 8.76. The van der Waals surface area contributed by atoms with Gasteiger partial charge in [-0.25, -0.2) is 26.9 Å². The van der Waals surface area contributed by atoms with Gasteiger partial charge in [0.25, 0.3) is 0 Å². The number of aliphatic hydroxyl groups is 1. The summed E-state index contributed by atoms with van der Waals surface area (Å²) in [6, 6.07) is 0. The van der Waals surface area contributed by atoms with Gasteiger partial charge in [-0.1, -0.05) is 0 Å². The molecule has 0 bridgehead atoms. The Balaban J connectivity index is 2.52. The Kier molecular flexibility index (Phi) is 6.74. The Hall–Kier alpha value is -2.68. The number of aromatic nitrogens is 6. The van der Waals surface area contributed by atoms with Gasteiger partial charge in [0.15, 0.2) is 5.60 Å². The molecule has 3 rings (SSSR count). The molecule has 0 spiro atoms. The number of hydrogen-bond donors (Lipinski definition) is 1. The first-order valence-electron chi connectivity index (χ1n) is 9.61. The van der Waals surface area contributed by atoms with E-state index in [0.717, 1.165) is 50.5 Å². The maximum Gasteiger partial charge on any atom is 0.308 e. The van der Waals surface area contributed by atoms with Crippen LogP contribution in [0.15, 0.2) is 37.6 Å². The average Bonchev–Trinajstić information content (AvgIpc) is 3.53. The fourth-order valence-corrected chi connectivity index (χ4v) is 5.94. The zero-order valence-corrected chi connectivity index (χ0v) is 22.1. The van der Waals surface area contributed by atoms with Gasteiger partial charge in [0, 0.05) is 42.3 Å². The van der Waals surface area contributed by atoms with Gasteiger partial charge in [0.05, 0.1) is 35.7 Å². The lowest BCUT2D eigenvalue weighted by molar-refractivity contribution is 0.108. The van der Waals surface area contributed by atoms with Crippen molar-refractivity contribution in [3.05, 3.63) is 54.7 Å². The summed E-state index contributed by atoms with van der Waals surface area (Å²) in [5.74, 6) is 0. The molecule has 19 heteroatoms. The highest BCUT2D eigenvalue weighted by molar-refractivity contribution is 7.88. The van der Waals surface area contributed by atoms with Gasteiger partial charge in [0.2, 0.25) is 0 Å². The quantitative estimate of drug-likeness (QED) is 0.298. The molecule has 3 aromatic heterocycles. The minimum atomic E-state index is -4.31. The highest BCUT2D eigenvalue weighted by atomic mass is 32.2. The summed E-state index contributed by atoms with van der Waals surface area (Å²) in [7, 11) is -5.52. The van der Waals surface area contributed by atoms with Gasteiger partial charge in [0.1, 0.15) is 19.0 Å². The highest BCUT2D eigenvalue weighted by Crippen LogP contribution is 2.38. The Labute approximate surface area is 203 Å². The van der Waals surface area contributed by atoms with Crippen LogP contribution >= 0.6 is 0 Å². The van der Waals surface area contributed by atoms with Crippen molar-refractivity contribution in [2.75, 3.05) is 42.3 Å². The number of hydrogen-bond acceptors (Lipinski definition) is 10. The standard InChI is InChI=1S/C16H25N9O7S3/c1-20(2)33(27,28)23-10-17-7-13(23)16(26,14-8-18-11-24(14)34(29,30)21(3)4)15-9-19-12-25(15)35(31,32)22(5)6/h7-12,26H,1-6H3. The van der Waals surface area contributed by atoms with E-state index in [4.69, 9.17) is 0 Å². The Bertz CT molecular complexity index is 1360. The molecule has 0 atom stereocenters.